The monoisotopic (exact) mass is 547 g/mol. The molecule has 1 aliphatic heterocycles. The number of aromatic hydroxyl groups is 1. The molecule has 0 unspecified atom stereocenters. The van der Waals surface area contributed by atoms with Gasteiger partial charge in [-0.25, -0.2) is 0 Å². The van der Waals surface area contributed by atoms with Gasteiger partial charge in [0.2, 0.25) is 5.43 Å². The molecule has 36 heavy (non-hydrogen) atoms. The summed E-state index contributed by atoms with van der Waals surface area (Å²) in [5, 5.41) is 25.6. The Morgan fingerprint density at radius 3 is 2.56 bits per heavy atom. The van der Waals surface area contributed by atoms with Crippen LogP contribution < -0.4 is 10.3 Å². The van der Waals surface area contributed by atoms with Crippen molar-refractivity contribution in [3.8, 4) is 5.75 Å². The van der Waals surface area contributed by atoms with Crippen LogP contribution in [0.5, 0.6) is 5.75 Å². The first-order chi connectivity index (χ1) is 17.4. The number of hydrogen-bond acceptors (Lipinski definition) is 7. The minimum Gasteiger partial charge on any atom is -0.508 e. The number of phenolic OH excluding ortho intramolecular Hbond substituents is 1. The molecule has 5 rings (SSSR count). The second kappa shape index (κ2) is 11.1. The fourth-order valence-electron chi connectivity index (χ4n) is 3.68. The zero-order valence-electron chi connectivity index (χ0n) is 19.3. The number of amides is 1. The number of hydrogen-bond donors (Lipinski definition) is 2. The van der Waals surface area contributed by atoms with Crippen LogP contribution in [0.3, 0.4) is 0 Å². The van der Waals surface area contributed by atoms with Crippen LogP contribution >= 0.6 is 15.9 Å². The molecule has 182 valence electrons. The average Bonchev–Trinajstić information content (AvgIpc) is 3.13. The van der Waals surface area contributed by atoms with E-state index in [4.69, 9.17) is 9.52 Å². The van der Waals surface area contributed by atoms with E-state index in [0.717, 1.165) is 15.7 Å². The summed E-state index contributed by atoms with van der Waals surface area (Å²) in [4.78, 5) is 27.5. The summed E-state index contributed by atoms with van der Waals surface area (Å²) in [6, 6.07) is 19.4. The van der Waals surface area contributed by atoms with Crippen LogP contribution in [-0.2, 0) is 11.3 Å². The summed E-state index contributed by atoms with van der Waals surface area (Å²) in [5.41, 5.74) is 2.72. The summed E-state index contributed by atoms with van der Waals surface area (Å²) in [5.74, 6) is -0.269. The van der Waals surface area contributed by atoms with Gasteiger partial charge in [-0.2, -0.15) is 5.10 Å². The number of carbonyl (C=O) groups excluding carboxylic acids is 1. The van der Waals surface area contributed by atoms with Gasteiger partial charge in [0.05, 0.1) is 29.4 Å². The fourth-order valence-corrected chi connectivity index (χ4v) is 4.09. The van der Waals surface area contributed by atoms with Crippen molar-refractivity contribution >= 4 is 50.4 Å². The van der Waals surface area contributed by atoms with Crippen LogP contribution in [0.15, 0.2) is 96.9 Å². The average molecular weight is 548 g/mol. The molecule has 3 aromatic carbocycles. The van der Waals surface area contributed by atoms with Crippen LogP contribution in [0.1, 0.15) is 23.6 Å². The van der Waals surface area contributed by atoms with E-state index in [0.29, 0.717) is 17.5 Å². The first-order valence-corrected chi connectivity index (χ1v) is 11.8. The van der Waals surface area contributed by atoms with Gasteiger partial charge < -0.3 is 19.5 Å². The summed E-state index contributed by atoms with van der Waals surface area (Å²) in [7, 11) is 0. The van der Waals surface area contributed by atoms with E-state index in [2.05, 4.69) is 26.1 Å². The molecule has 9 heteroatoms. The number of aliphatic hydroxyl groups is 1. The molecule has 0 radical (unpaired) electrons. The van der Waals surface area contributed by atoms with E-state index in [1.165, 1.54) is 30.7 Å². The number of rotatable bonds is 4. The zero-order chi connectivity index (χ0) is 25.7. The Hall–Kier alpha value is -4.08. The predicted molar refractivity (Wildman–Crippen MR) is 143 cm³/mol. The van der Waals surface area contributed by atoms with Gasteiger partial charge >= 0.3 is 0 Å². The Bertz CT molecular complexity index is 1540. The number of anilines is 1. The lowest BCUT2D eigenvalue weighted by atomic mass is 10.1. The quantitative estimate of drug-likeness (QED) is 0.285. The van der Waals surface area contributed by atoms with Crippen molar-refractivity contribution in [1.82, 2.24) is 0 Å². The molecule has 1 aliphatic rings. The van der Waals surface area contributed by atoms with Gasteiger partial charge in [-0.3, -0.25) is 9.59 Å². The number of para-hydroxylation sites is 1. The molecule has 1 amide bonds. The van der Waals surface area contributed by atoms with Gasteiger partial charge in [0.15, 0.2) is 5.71 Å². The van der Waals surface area contributed by atoms with E-state index in [-0.39, 0.29) is 40.6 Å². The lowest BCUT2D eigenvalue weighted by Crippen LogP contribution is -2.29. The van der Waals surface area contributed by atoms with Crippen molar-refractivity contribution in [3.05, 3.63) is 104 Å². The number of phenols is 1. The fraction of sp³-hybridized carbons (Fsp3) is 0.111. The van der Waals surface area contributed by atoms with Gasteiger partial charge in [-0.1, -0.05) is 52.3 Å². The van der Waals surface area contributed by atoms with E-state index in [9.17, 15) is 14.7 Å². The van der Waals surface area contributed by atoms with E-state index >= 15 is 0 Å². The molecule has 4 aromatic rings. The number of halogens is 1. The highest BCUT2D eigenvalue weighted by molar-refractivity contribution is 9.10. The predicted octanol–water partition coefficient (Wildman–Crippen LogP) is 4.63. The molecule has 8 nitrogen and oxygen atoms in total. The molecule has 0 bridgehead atoms. The molecule has 2 N–H and O–H groups in total. The van der Waals surface area contributed by atoms with Crippen molar-refractivity contribution in [2.24, 2.45) is 10.2 Å². The van der Waals surface area contributed by atoms with Crippen molar-refractivity contribution in [1.29, 1.82) is 0 Å². The first-order valence-electron chi connectivity index (χ1n) is 11.1. The van der Waals surface area contributed by atoms with Crippen molar-refractivity contribution in [2.75, 3.05) is 11.5 Å². The number of benzene rings is 3. The van der Waals surface area contributed by atoms with E-state index in [1.54, 1.807) is 11.8 Å². The molecule has 0 spiro atoms. The van der Waals surface area contributed by atoms with Crippen molar-refractivity contribution in [2.45, 2.75) is 13.5 Å². The van der Waals surface area contributed by atoms with Gasteiger partial charge in [0.1, 0.15) is 17.6 Å². The molecule has 0 fully saturated rings. The summed E-state index contributed by atoms with van der Waals surface area (Å²) < 4.78 is 6.33. The van der Waals surface area contributed by atoms with E-state index < -0.39 is 0 Å². The molecule has 0 saturated heterocycles. The third kappa shape index (κ3) is 5.12. The van der Waals surface area contributed by atoms with Gasteiger partial charge in [0, 0.05) is 22.7 Å². The van der Waals surface area contributed by atoms with Crippen molar-refractivity contribution in [3.63, 3.8) is 0 Å². The second-order valence-electron chi connectivity index (χ2n) is 7.71. The van der Waals surface area contributed by atoms with E-state index in [1.807, 2.05) is 48.5 Å². The standard InChI is InChI=1S/C25H16BrN3O4.C2H6O/c26-20-7-3-1-5-15(20)13-29-21-8-4-2-6-18(21)23(25(29)32)28-27-12-16-14-33-22-11-17(30)9-10-19(22)24(16)31;1-2-3/h1-12,14,30H,13H2;3H,2H2,1H3/b27-12+,28-23-;. The van der Waals surface area contributed by atoms with Gasteiger partial charge in [0.25, 0.3) is 5.91 Å². The van der Waals surface area contributed by atoms with Crippen molar-refractivity contribution < 1.29 is 19.4 Å². The molecule has 1 aromatic heterocycles. The number of fused-ring (bicyclic) bond motifs is 2. The maximum absolute atomic E-state index is 13.2. The SMILES string of the molecule is CCO.O=C1/C(=N\N=C\c2coc3cc(O)ccc3c2=O)c2ccccc2N1Cc1ccccc1Br. The maximum atomic E-state index is 13.2. The molecular formula is C27H22BrN3O5. The molecular weight excluding hydrogens is 526 g/mol. The van der Waals surface area contributed by atoms with Gasteiger partial charge in [-0.05, 0) is 36.8 Å². The highest BCUT2D eigenvalue weighted by Gasteiger charge is 2.34. The Labute approximate surface area is 215 Å². The summed E-state index contributed by atoms with van der Waals surface area (Å²) in [6.07, 6.45) is 2.51. The Balaban J connectivity index is 0.000000967. The third-order valence-corrected chi connectivity index (χ3v) is 6.10. The van der Waals surface area contributed by atoms with Crippen LogP contribution in [0, 0.1) is 0 Å². The maximum Gasteiger partial charge on any atom is 0.279 e. The van der Waals surface area contributed by atoms with Gasteiger partial charge in [-0.15, -0.1) is 5.10 Å². The number of nitrogens with zero attached hydrogens (tertiary/aromatic N) is 3. The van der Waals surface area contributed by atoms with Crippen LogP contribution in [0.25, 0.3) is 11.0 Å². The highest BCUT2D eigenvalue weighted by atomic mass is 79.9. The third-order valence-electron chi connectivity index (χ3n) is 5.32. The normalized spacial score (nSPS) is 13.8. The molecule has 0 atom stereocenters. The smallest absolute Gasteiger partial charge is 0.279 e. The topological polar surface area (TPSA) is 116 Å². The largest absolute Gasteiger partial charge is 0.508 e. The first kappa shape index (κ1) is 25.0. The lowest BCUT2D eigenvalue weighted by Gasteiger charge is -2.17. The zero-order valence-corrected chi connectivity index (χ0v) is 20.8. The summed E-state index contributed by atoms with van der Waals surface area (Å²) in [6.45, 7) is 2.31. The Kier molecular flexibility index (Phi) is 7.72. The second-order valence-corrected chi connectivity index (χ2v) is 8.56. The molecule has 0 aliphatic carbocycles. The molecule has 2 heterocycles. The lowest BCUT2D eigenvalue weighted by molar-refractivity contribution is -0.112. The Morgan fingerprint density at radius 1 is 1.06 bits per heavy atom. The molecule has 0 saturated carbocycles. The summed E-state index contributed by atoms with van der Waals surface area (Å²) >= 11 is 3.53. The Morgan fingerprint density at radius 2 is 1.78 bits per heavy atom. The minimum absolute atomic E-state index is 0.00367. The highest BCUT2D eigenvalue weighted by Crippen LogP contribution is 2.32. The van der Waals surface area contributed by atoms with Crippen LogP contribution in [0.2, 0.25) is 0 Å². The van der Waals surface area contributed by atoms with Crippen LogP contribution in [-0.4, -0.2) is 34.7 Å². The number of aliphatic hydroxyl groups excluding tert-OH is 1. The van der Waals surface area contributed by atoms with Crippen LogP contribution in [0.4, 0.5) is 5.69 Å². The number of carbonyl (C=O) groups is 1. The minimum atomic E-state index is -0.311.